The number of ether oxygens (including phenoxy) is 1. The van der Waals surface area contributed by atoms with Crippen molar-refractivity contribution in [1.29, 1.82) is 0 Å². The summed E-state index contributed by atoms with van der Waals surface area (Å²) in [5.41, 5.74) is 2.46. The van der Waals surface area contributed by atoms with Gasteiger partial charge in [-0.25, -0.2) is 18.4 Å². The van der Waals surface area contributed by atoms with Gasteiger partial charge in [0.25, 0.3) is 10.0 Å². The Labute approximate surface area is 232 Å². The maximum absolute atomic E-state index is 13.5. The number of aromatic nitrogens is 2. The van der Waals surface area contributed by atoms with E-state index in [2.05, 4.69) is 31.9 Å². The lowest BCUT2D eigenvalue weighted by molar-refractivity contribution is -0.116. The zero-order chi connectivity index (χ0) is 28.7. The van der Waals surface area contributed by atoms with Gasteiger partial charge in [0.1, 0.15) is 5.75 Å². The predicted octanol–water partition coefficient (Wildman–Crippen LogP) is 3.73. The number of carbonyl (C=O) groups excluding carboxylic acids is 1. The monoisotopic (exact) mass is 562 g/mol. The summed E-state index contributed by atoms with van der Waals surface area (Å²) in [5, 5.41) is 15.4. The second-order valence-electron chi connectivity index (χ2n) is 8.93. The van der Waals surface area contributed by atoms with Crippen molar-refractivity contribution in [2.24, 2.45) is 0 Å². The lowest BCUT2D eigenvalue weighted by atomic mass is 10.2. The smallest absolute Gasteiger partial charge is 0.263 e. The minimum absolute atomic E-state index is 0.0347. The number of benzene rings is 3. The number of nitrogens with one attached hydrogen (secondary N) is 3. The third kappa shape index (κ3) is 7.11. The lowest BCUT2D eigenvalue weighted by Crippen LogP contribution is -2.30. The number of likely N-dealkylation sites (N-methyl/N-ethyl adjacent to an activating group) is 1. The fourth-order valence-electron chi connectivity index (χ4n) is 3.89. The molecule has 0 aliphatic carbocycles. The highest BCUT2D eigenvalue weighted by molar-refractivity contribution is 7.92. The second-order valence-corrected chi connectivity index (χ2v) is 10.6. The van der Waals surface area contributed by atoms with Gasteiger partial charge in [-0.15, -0.1) is 6.58 Å². The van der Waals surface area contributed by atoms with E-state index in [1.807, 2.05) is 0 Å². The highest BCUT2D eigenvalue weighted by Gasteiger charge is 2.20. The number of rotatable bonds is 12. The first-order chi connectivity index (χ1) is 19.2. The van der Waals surface area contributed by atoms with Crippen LogP contribution in [-0.4, -0.2) is 61.5 Å². The first kappa shape index (κ1) is 28.5. The van der Waals surface area contributed by atoms with Gasteiger partial charge in [-0.3, -0.25) is 14.4 Å². The van der Waals surface area contributed by atoms with Gasteiger partial charge >= 0.3 is 0 Å². The molecule has 0 aliphatic rings. The molecule has 12 heteroatoms. The van der Waals surface area contributed by atoms with E-state index >= 15 is 0 Å². The molecule has 3 aromatic carbocycles. The molecule has 0 radical (unpaired) electrons. The summed E-state index contributed by atoms with van der Waals surface area (Å²) in [6.07, 6.45) is 1.69. The van der Waals surface area contributed by atoms with Gasteiger partial charge in [-0.05, 0) is 55.1 Å². The molecule has 0 fully saturated rings. The Kier molecular flexibility index (Phi) is 8.94. The third-order valence-corrected chi connectivity index (χ3v) is 7.07. The summed E-state index contributed by atoms with van der Waals surface area (Å²) < 4.78 is 34.7. The Balaban J connectivity index is 1.65. The molecular weight excluding hydrogens is 532 g/mol. The average Bonchev–Trinajstić information content (AvgIpc) is 2.93. The molecule has 0 saturated heterocycles. The number of hydrogen-bond acceptors (Lipinski definition) is 9. The molecule has 40 heavy (non-hydrogen) atoms. The quantitative estimate of drug-likeness (QED) is 0.190. The Hall–Kier alpha value is -4.52. The Morgan fingerprint density at radius 1 is 1.02 bits per heavy atom. The molecule has 0 unspecified atom stereocenters. The van der Waals surface area contributed by atoms with Crippen LogP contribution in [-0.2, 0) is 21.4 Å². The van der Waals surface area contributed by atoms with Crippen LogP contribution < -0.4 is 20.1 Å². The number of para-hydroxylation sites is 2. The van der Waals surface area contributed by atoms with Crippen LogP contribution in [0.1, 0.15) is 5.56 Å². The molecule has 11 nitrogen and oxygen atoms in total. The summed E-state index contributed by atoms with van der Waals surface area (Å²) in [4.78, 5) is 23.2. The van der Waals surface area contributed by atoms with Crippen molar-refractivity contribution in [1.82, 2.24) is 14.9 Å². The molecule has 0 aliphatic heterocycles. The maximum Gasteiger partial charge on any atom is 0.263 e. The van der Waals surface area contributed by atoms with Crippen LogP contribution in [0.4, 0.5) is 23.0 Å². The molecule has 4 rings (SSSR count). The van der Waals surface area contributed by atoms with Gasteiger partial charge in [0.05, 0.1) is 36.2 Å². The van der Waals surface area contributed by atoms with Crippen molar-refractivity contribution < 1.29 is 23.1 Å². The average molecular weight is 563 g/mol. The van der Waals surface area contributed by atoms with Crippen LogP contribution in [0.15, 0.2) is 84.3 Å². The number of amides is 1. The topological polar surface area (TPSA) is 146 Å². The van der Waals surface area contributed by atoms with E-state index in [9.17, 15) is 18.3 Å². The van der Waals surface area contributed by atoms with E-state index in [0.29, 0.717) is 40.3 Å². The van der Waals surface area contributed by atoms with E-state index in [0.717, 1.165) is 0 Å². The highest BCUT2D eigenvalue weighted by Crippen LogP contribution is 2.30. The number of aliphatic hydroxyl groups is 1. The second kappa shape index (κ2) is 12.6. The van der Waals surface area contributed by atoms with Crippen molar-refractivity contribution in [2.45, 2.75) is 11.5 Å². The first-order valence-electron chi connectivity index (χ1n) is 12.3. The van der Waals surface area contributed by atoms with E-state index < -0.39 is 10.0 Å². The third-order valence-electron chi connectivity index (χ3n) is 5.73. The molecule has 4 N–H and O–H groups in total. The summed E-state index contributed by atoms with van der Waals surface area (Å²) in [6.45, 7) is 4.08. The number of hydrogen-bond donors (Lipinski definition) is 4. The molecule has 0 bridgehead atoms. The minimum Gasteiger partial charge on any atom is -0.497 e. The Morgan fingerprint density at radius 2 is 1.75 bits per heavy atom. The maximum atomic E-state index is 13.5. The first-order valence-corrected chi connectivity index (χ1v) is 13.7. The van der Waals surface area contributed by atoms with Gasteiger partial charge in [-0.1, -0.05) is 24.3 Å². The van der Waals surface area contributed by atoms with Gasteiger partial charge in [0.15, 0.2) is 11.6 Å². The highest BCUT2D eigenvalue weighted by atomic mass is 32.2. The zero-order valence-corrected chi connectivity index (χ0v) is 22.9. The fraction of sp³-hybridized carbons (Fsp3) is 0.179. The predicted molar refractivity (Wildman–Crippen MR) is 155 cm³/mol. The van der Waals surface area contributed by atoms with Crippen LogP contribution in [0.25, 0.3) is 11.0 Å². The van der Waals surface area contributed by atoms with Crippen LogP contribution in [0, 0.1) is 0 Å². The minimum atomic E-state index is -4.14. The van der Waals surface area contributed by atoms with Crippen LogP contribution >= 0.6 is 0 Å². The van der Waals surface area contributed by atoms with Crippen LogP contribution in [0.3, 0.4) is 0 Å². The molecule has 1 aromatic heterocycles. The van der Waals surface area contributed by atoms with Crippen molar-refractivity contribution in [3.63, 3.8) is 0 Å². The van der Waals surface area contributed by atoms with Crippen molar-refractivity contribution in [3.05, 3.63) is 84.9 Å². The number of methoxy groups -OCH3 is 1. The van der Waals surface area contributed by atoms with E-state index in [4.69, 9.17) is 4.74 Å². The number of sulfonamides is 1. The number of carbonyl (C=O) groups is 1. The van der Waals surface area contributed by atoms with E-state index in [1.165, 1.54) is 25.3 Å². The molecular formula is C28H30N6O5S. The van der Waals surface area contributed by atoms with Crippen molar-refractivity contribution >= 4 is 50.0 Å². The molecule has 0 atom stereocenters. The summed E-state index contributed by atoms with van der Waals surface area (Å²) >= 11 is 0. The Morgan fingerprint density at radius 3 is 2.42 bits per heavy atom. The lowest BCUT2D eigenvalue weighted by Gasteiger charge is -2.16. The van der Waals surface area contributed by atoms with Gasteiger partial charge in [0.2, 0.25) is 5.91 Å². The van der Waals surface area contributed by atoms with Crippen LogP contribution in [0.5, 0.6) is 5.75 Å². The molecule has 0 saturated carbocycles. The number of fused-ring (bicyclic) bond motifs is 1. The van der Waals surface area contributed by atoms with Gasteiger partial charge in [0, 0.05) is 24.0 Å². The number of aliphatic hydroxyl groups excluding tert-OH is 1. The molecule has 1 heterocycles. The van der Waals surface area contributed by atoms with E-state index in [1.54, 1.807) is 66.6 Å². The number of anilines is 4. The summed E-state index contributed by atoms with van der Waals surface area (Å²) in [5.74, 6) is 0.320. The molecule has 4 aromatic rings. The summed E-state index contributed by atoms with van der Waals surface area (Å²) in [6, 6.07) is 18.0. The van der Waals surface area contributed by atoms with Crippen LogP contribution in [0.2, 0.25) is 0 Å². The standard InChI is InChI=1S/C28H30N6O5S/c1-4-12-34(2)17-26(36)29-20-8-7-9-23(16-20)40(37,38)33-28-27(31-24-10-5-6-11-25(24)32-28)30-21-13-19(18-35)14-22(15-21)39-3/h4-11,13-16,35H,1,12,17-18H2,2-3H3,(H,29,36)(H,30,31)(H,32,33). The normalized spacial score (nSPS) is 11.3. The van der Waals surface area contributed by atoms with E-state index in [-0.39, 0.29) is 35.6 Å². The Bertz CT molecular complexity index is 1620. The van der Waals surface area contributed by atoms with Gasteiger partial charge in [-0.2, -0.15) is 0 Å². The largest absolute Gasteiger partial charge is 0.497 e. The fourth-order valence-corrected chi connectivity index (χ4v) is 4.95. The molecule has 208 valence electrons. The summed E-state index contributed by atoms with van der Waals surface area (Å²) in [7, 11) is -0.863. The number of nitrogens with zero attached hydrogens (tertiary/aromatic N) is 3. The van der Waals surface area contributed by atoms with Crippen molar-refractivity contribution in [2.75, 3.05) is 42.6 Å². The zero-order valence-electron chi connectivity index (χ0n) is 22.1. The van der Waals surface area contributed by atoms with Crippen molar-refractivity contribution in [3.8, 4) is 5.75 Å². The molecule has 1 amide bonds. The molecule has 0 spiro atoms. The SMILES string of the molecule is C=CCN(C)CC(=O)Nc1cccc(S(=O)(=O)Nc2nc3ccccc3nc2Nc2cc(CO)cc(OC)c2)c1. The van der Waals surface area contributed by atoms with Gasteiger partial charge < -0.3 is 20.5 Å².